The molecule has 0 fully saturated rings. The molecule has 0 aliphatic heterocycles. The number of carbonyl (C=O) groups excluding carboxylic acids is 3. The highest BCUT2D eigenvalue weighted by atomic mass is 35.5. The summed E-state index contributed by atoms with van der Waals surface area (Å²) in [6.45, 7) is 1.94. The second-order valence-electron chi connectivity index (χ2n) is 3.89. The minimum absolute atomic E-state index is 0.116. The molecule has 7 heteroatoms. The molecule has 3 N–H and O–H groups in total. The van der Waals surface area contributed by atoms with E-state index in [1.807, 2.05) is 0 Å². The van der Waals surface area contributed by atoms with E-state index in [0.29, 0.717) is 17.1 Å². The second kappa shape index (κ2) is 8.16. The minimum atomic E-state index is -0.448. The molecule has 0 aromatic heterocycles. The zero-order chi connectivity index (χ0) is 15.0. The lowest BCUT2D eigenvalue weighted by Gasteiger charge is -2.07. The lowest BCUT2D eigenvalue weighted by Crippen LogP contribution is -2.41. The van der Waals surface area contributed by atoms with E-state index in [-0.39, 0.29) is 19.0 Å². The Bertz CT molecular complexity index is 505. The van der Waals surface area contributed by atoms with E-state index >= 15 is 0 Å². The van der Waals surface area contributed by atoms with Gasteiger partial charge in [0, 0.05) is 6.54 Å². The van der Waals surface area contributed by atoms with Gasteiger partial charge in [0.25, 0.3) is 5.91 Å². The summed E-state index contributed by atoms with van der Waals surface area (Å²) < 4.78 is 0. The van der Waals surface area contributed by atoms with Crippen LogP contribution in [-0.4, -0.2) is 37.4 Å². The highest BCUT2D eigenvalue weighted by Gasteiger charge is 2.11. The Morgan fingerprint density at radius 2 is 1.60 bits per heavy atom. The van der Waals surface area contributed by atoms with Gasteiger partial charge in [-0.3, -0.25) is 14.4 Å². The third-order valence-corrected chi connectivity index (χ3v) is 2.68. The van der Waals surface area contributed by atoms with Crippen molar-refractivity contribution in [3.05, 3.63) is 34.9 Å². The summed E-state index contributed by atoms with van der Waals surface area (Å²) in [4.78, 5) is 34.3. The zero-order valence-corrected chi connectivity index (χ0v) is 11.8. The summed E-state index contributed by atoms with van der Waals surface area (Å²) in [5, 5.41) is 7.67. The van der Waals surface area contributed by atoms with Crippen LogP contribution in [0.25, 0.3) is 0 Å². The third-order valence-electron chi connectivity index (χ3n) is 2.35. The SMILES string of the molecule is CCNC(=O)CNC(=O)CNC(=O)c1ccccc1Cl. The summed E-state index contributed by atoms with van der Waals surface area (Å²) in [6.07, 6.45) is 0. The molecule has 20 heavy (non-hydrogen) atoms. The molecule has 0 heterocycles. The van der Waals surface area contributed by atoms with Crippen molar-refractivity contribution < 1.29 is 14.4 Å². The molecule has 6 nitrogen and oxygen atoms in total. The maximum Gasteiger partial charge on any atom is 0.253 e. The topological polar surface area (TPSA) is 87.3 Å². The fraction of sp³-hybridized carbons (Fsp3) is 0.308. The van der Waals surface area contributed by atoms with Gasteiger partial charge in [-0.2, -0.15) is 0 Å². The lowest BCUT2D eigenvalue weighted by atomic mass is 10.2. The van der Waals surface area contributed by atoms with Crippen molar-refractivity contribution in [1.82, 2.24) is 16.0 Å². The number of hydrogen-bond donors (Lipinski definition) is 3. The van der Waals surface area contributed by atoms with Crippen LogP contribution < -0.4 is 16.0 Å². The van der Waals surface area contributed by atoms with E-state index in [1.165, 1.54) is 0 Å². The normalized spacial score (nSPS) is 9.70. The molecule has 1 rings (SSSR count). The molecule has 1 aromatic carbocycles. The number of hydrogen-bond acceptors (Lipinski definition) is 3. The van der Waals surface area contributed by atoms with Crippen molar-refractivity contribution in [2.24, 2.45) is 0 Å². The van der Waals surface area contributed by atoms with Crippen molar-refractivity contribution >= 4 is 29.3 Å². The molecule has 108 valence electrons. The Balaban J connectivity index is 2.36. The number of carbonyl (C=O) groups is 3. The van der Waals surface area contributed by atoms with Gasteiger partial charge in [-0.05, 0) is 19.1 Å². The largest absolute Gasteiger partial charge is 0.355 e. The standard InChI is InChI=1S/C13H16ClN3O3/c1-2-15-11(18)7-16-12(19)8-17-13(20)9-5-3-4-6-10(9)14/h3-6H,2,7-8H2,1H3,(H,15,18)(H,16,19)(H,17,20). The van der Waals surface area contributed by atoms with Crippen LogP contribution in [0.15, 0.2) is 24.3 Å². The van der Waals surface area contributed by atoms with Crippen molar-refractivity contribution in [2.45, 2.75) is 6.92 Å². The van der Waals surface area contributed by atoms with Gasteiger partial charge < -0.3 is 16.0 Å². The van der Waals surface area contributed by atoms with Gasteiger partial charge in [0.15, 0.2) is 0 Å². The number of amides is 3. The first-order valence-electron chi connectivity index (χ1n) is 6.10. The van der Waals surface area contributed by atoms with Crippen LogP contribution in [0.4, 0.5) is 0 Å². The molecule has 0 saturated carbocycles. The number of benzene rings is 1. The second-order valence-corrected chi connectivity index (χ2v) is 4.30. The van der Waals surface area contributed by atoms with Gasteiger partial charge in [-0.15, -0.1) is 0 Å². The maximum absolute atomic E-state index is 11.8. The monoisotopic (exact) mass is 297 g/mol. The van der Waals surface area contributed by atoms with Crippen LogP contribution >= 0.6 is 11.6 Å². The van der Waals surface area contributed by atoms with Crippen molar-refractivity contribution in [3.63, 3.8) is 0 Å². The molecule has 0 saturated heterocycles. The van der Waals surface area contributed by atoms with Gasteiger partial charge in [0.05, 0.1) is 23.7 Å². The Kier molecular flexibility index (Phi) is 6.52. The molecule has 0 bridgehead atoms. The van der Waals surface area contributed by atoms with Crippen molar-refractivity contribution in [2.75, 3.05) is 19.6 Å². The fourth-order valence-corrected chi connectivity index (χ4v) is 1.62. The van der Waals surface area contributed by atoms with Gasteiger partial charge in [0.2, 0.25) is 11.8 Å². The molecular weight excluding hydrogens is 282 g/mol. The Labute approximate surface area is 121 Å². The molecular formula is C13H16ClN3O3. The molecule has 0 atom stereocenters. The fourth-order valence-electron chi connectivity index (χ4n) is 1.40. The lowest BCUT2D eigenvalue weighted by molar-refractivity contribution is -0.125. The van der Waals surface area contributed by atoms with E-state index in [4.69, 9.17) is 11.6 Å². The van der Waals surface area contributed by atoms with E-state index in [0.717, 1.165) is 0 Å². The maximum atomic E-state index is 11.8. The third kappa shape index (κ3) is 5.27. The predicted molar refractivity (Wildman–Crippen MR) is 75.5 cm³/mol. The predicted octanol–water partition coefficient (Wildman–Crippen LogP) is 0.322. The van der Waals surface area contributed by atoms with E-state index in [9.17, 15) is 14.4 Å². The number of nitrogens with one attached hydrogen (secondary N) is 3. The van der Waals surface area contributed by atoms with E-state index in [1.54, 1.807) is 31.2 Å². The minimum Gasteiger partial charge on any atom is -0.355 e. The zero-order valence-electron chi connectivity index (χ0n) is 11.0. The van der Waals surface area contributed by atoms with Crippen LogP contribution in [0.3, 0.4) is 0 Å². The van der Waals surface area contributed by atoms with Crippen LogP contribution in [0, 0.1) is 0 Å². The summed E-state index contributed by atoms with van der Waals surface area (Å²) in [5.41, 5.74) is 0.297. The van der Waals surface area contributed by atoms with Crippen molar-refractivity contribution in [1.29, 1.82) is 0 Å². The molecule has 0 aliphatic rings. The Morgan fingerprint density at radius 1 is 1.00 bits per heavy atom. The van der Waals surface area contributed by atoms with E-state index < -0.39 is 11.8 Å². The Morgan fingerprint density at radius 3 is 2.25 bits per heavy atom. The van der Waals surface area contributed by atoms with Crippen LogP contribution in [0.5, 0.6) is 0 Å². The number of rotatable bonds is 6. The van der Waals surface area contributed by atoms with Gasteiger partial charge in [-0.25, -0.2) is 0 Å². The molecule has 3 amide bonds. The molecule has 0 aliphatic carbocycles. The quantitative estimate of drug-likeness (QED) is 0.707. The van der Waals surface area contributed by atoms with Crippen molar-refractivity contribution in [3.8, 4) is 0 Å². The molecule has 0 radical (unpaired) electrons. The smallest absolute Gasteiger partial charge is 0.253 e. The van der Waals surface area contributed by atoms with Gasteiger partial charge >= 0.3 is 0 Å². The first kappa shape index (κ1) is 16.0. The van der Waals surface area contributed by atoms with Gasteiger partial charge in [0.1, 0.15) is 0 Å². The van der Waals surface area contributed by atoms with Gasteiger partial charge in [-0.1, -0.05) is 23.7 Å². The number of likely N-dealkylation sites (N-methyl/N-ethyl adjacent to an activating group) is 1. The van der Waals surface area contributed by atoms with E-state index in [2.05, 4.69) is 16.0 Å². The average molecular weight is 298 g/mol. The molecule has 1 aromatic rings. The Hall–Kier alpha value is -2.08. The van der Waals surface area contributed by atoms with Crippen LogP contribution in [0.2, 0.25) is 5.02 Å². The summed E-state index contributed by atoms with van der Waals surface area (Å²) >= 11 is 5.86. The highest BCUT2D eigenvalue weighted by molar-refractivity contribution is 6.33. The summed E-state index contributed by atoms with van der Waals surface area (Å²) in [6, 6.07) is 6.53. The molecule has 0 unspecified atom stereocenters. The average Bonchev–Trinajstić information content (AvgIpc) is 2.43. The van der Waals surface area contributed by atoms with Crippen LogP contribution in [0.1, 0.15) is 17.3 Å². The molecule has 0 spiro atoms. The highest BCUT2D eigenvalue weighted by Crippen LogP contribution is 2.14. The first-order chi connectivity index (χ1) is 9.54. The first-order valence-corrected chi connectivity index (χ1v) is 6.48. The summed E-state index contributed by atoms with van der Waals surface area (Å²) in [7, 11) is 0. The van der Waals surface area contributed by atoms with Crippen LogP contribution in [-0.2, 0) is 9.59 Å². The number of halogens is 1. The summed E-state index contributed by atoms with van der Waals surface area (Å²) in [5.74, 6) is -1.17.